The average Bonchev–Trinajstić information content (AvgIpc) is 2.96. The van der Waals surface area contributed by atoms with Gasteiger partial charge in [-0.25, -0.2) is 4.68 Å². The number of benzene rings is 2. The zero-order valence-corrected chi connectivity index (χ0v) is 12.3. The maximum Gasteiger partial charge on any atom is 0.275 e. The molecule has 0 bridgehead atoms. The Morgan fingerprint density at radius 1 is 0.913 bits per heavy atom. The number of nitrogens with one attached hydrogen (secondary N) is 2. The van der Waals surface area contributed by atoms with E-state index >= 15 is 0 Å². The van der Waals surface area contributed by atoms with Crippen LogP contribution in [0.5, 0.6) is 0 Å². The minimum Gasteiger partial charge on any atom is -0.350 e. The zero-order valence-electron chi connectivity index (χ0n) is 12.3. The van der Waals surface area contributed by atoms with Crippen LogP contribution in [0.1, 0.15) is 27.5 Å². The monoisotopic (exact) mass is 305 g/mol. The highest BCUT2D eigenvalue weighted by atomic mass is 16.2. The predicted molar refractivity (Wildman–Crippen MR) is 87.0 cm³/mol. The van der Waals surface area contributed by atoms with Gasteiger partial charge in [0.15, 0.2) is 0 Å². The van der Waals surface area contributed by atoms with Gasteiger partial charge in [-0.05, 0) is 17.7 Å². The van der Waals surface area contributed by atoms with Gasteiger partial charge >= 0.3 is 0 Å². The number of fused-ring (bicyclic) bond motifs is 1. The van der Waals surface area contributed by atoms with Crippen molar-refractivity contribution in [1.82, 2.24) is 15.1 Å². The van der Waals surface area contributed by atoms with Gasteiger partial charge in [0.2, 0.25) is 0 Å². The van der Waals surface area contributed by atoms with Gasteiger partial charge in [-0.2, -0.15) is 0 Å². The first-order valence-electron chi connectivity index (χ1n) is 7.49. The van der Waals surface area contributed by atoms with E-state index in [1.165, 1.54) is 4.68 Å². The van der Waals surface area contributed by atoms with Crippen LogP contribution < -0.4 is 10.9 Å². The lowest BCUT2D eigenvalue weighted by Gasteiger charge is -2.21. The number of rotatable bonds is 2. The Morgan fingerprint density at radius 2 is 1.57 bits per heavy atom. The Labute approximate surface area is 132 Å². The standard InChI is InChI=1S/C18H15N3O2/c22-17-16-15(14(11-19-17)12-7-3-1-4-8-12)18(23)21(20-16)13-9-5-2-6-10-13/h1-10,14,20H,11H2,(H,19,22). The quantitative estimate of drug-likeness (QED) is 0.761. The molecule has 1 aliphatic rings. The first kappa shape index (κ1) is 13.6. The Morgan fingerprint density at radius 3 is 2.26 bits per heavy atom. The molecular weight excluding hydrogens is 290 g/mol. The number of carbonyl (C=O) groups is 1. The number of nitrogens with zero attached hydrogens (tertiary/aromatic N) is 1. The highest BCUT2D eigenvalue weighted by Gasteiger charge is 2.32. The number of carbonyl (C=O) groups excluding carboxylic acids is 1. The second-order valence-electron chi connectivity index (χ2n) is 5.55. The Balaban J connectivity index is 1.91. The molecule has 5 nitrogen and oxygen atoms in total. The van der Waals surface area contributed by atoms with E-state index in [9.17, 15) is 9.59 Å². The molecule has 0 fully saturated rings. The second-order valence-corrected chi connectivity index (χ2v) is 5.55. The zero-order chi connectivity index (χ0) is 15.8. The minimum atomic E-state index is -0.237. The molecule has 0 spiro atoms. The fraction of sp³-hybridized carbons (Fsp3) is 0.111. The summed E-state index contributed by atoms with van der Waals surface area (Å²) in [6.45, 7) is 0.428. The predicted octanol–water partition coefficient (Wildman–Crippen LogP) is 2.04. The molecule has 0 saturated heterocycles. The fourth-order valence-corrected chi connectivity index (χ4v) is 3.06. The topological polar surface area (TPSA) is 66.9 Å². The third-order valence-electron chi connectivity index (χ3n) is 4.19. The fourth-order valence-electron chi connectivity index (χ4n) is 3.06. The van der Waals surface area contributed by atoms with Gasteiger partial charge in [0.25, 0.3) is 11.5 Å². The van der Waals surface area contributed by atoms with E-state index in [0.717, 1.165) is 5.56 Å². The van der Waals surface area contributed by atoms with Crippen molar-refractivity contribution < 1.29 is 4.79 Å². The lowest BCUT2D eigenvalue weighted by Crippen LogP contribution is -2.37. The van der Waals surface area contributed by atoms with Crippen LogP contribution in [0.2, 0.25) is 0 Å². The summed E-state index contributed by atoms with van der Waals surface area (Å²) >= 11 is 0. The minimum absolute atomic E-state index is 0.141. The molecule has 2 N–H and O–H groups in total. The van der Waals surface area contributed by atoms with Crippen LogP contribution in [-0.4, -0.2) is 22.2 Å². The van der Waals surface area contributed by atoms with Gasteiger partial charge in [-0.1, -0.05) is 48.5 Å². The summed E-state index contributed by atoms with van der Waals surface area (Å²) in [6.07, 6.45) is 0. The molecule has 3 aromatic rings. The van der Waals surface area contributed by atoms with E-state index < -0.39 is 0 Å². The highest BCUT2D eigenvalue weighted by molar-refractivity contribution is 5.95. The van der Waals surface area contributed by atoms with Gasteiger partial charge in [0.05, 0.1) is 11.3 Å². The first-order chi connectivity index (χ1) is 11.3. The number of aromatic nitrogens is 2. The summed E-state index contributed by atoms with van der Waals surface area (Å²) in [5, 5.41) is 5.82. The summed E-state index contributed by atoms with van der Waals surface area (Å²) < 4.78 is 1.44. The van der Waals surface area contributed by atoms with Crippen molar-refractivity contribution in [2.75, 3.05) is 6.54 Å². The summed E-state index contributed by atoms with van der Waals surface area (Å²) in [7, 11) is 0. The second kappa shape index (κ2) is 5.28. The molecule has 1 atom stereocenters. The highest BCUT2D eigenvalue weighted by Crippen LogP contribution is 2.27. The molecule has 4 rings (SSSR count). The maximum absolute atomic E-state index is 12.9. The number of amides is 1. The first-order valence-corrected chi connectivity index (χ1v) is 7.49. The molecule has 23 heavy (non-hydrogen) atoms. The van der Waals surface area contributed by atoms with Crippen LogP contribution in [0.4, 0.5) is 0 Å². The summed E-state index contributed by atoms with van der Waals surface area (Å²) in [5.74, 6) is -0.378. The number of H-pyrrole nitrogens is 1. The molecule has 2 heterocycles. The van der Waals surface area contributed by atoms with Crippen molar-refractivity contribution in [3.05, 3.63) is 87.8 Å². The molecule has 0 aliphatic carbocycles. The van der Waals surface area contributed by atoms with E-state index in [0.29, 0.717) is 23.5 Å². The molecule has 0 radical (unpaired) electrons. The molecule has 1 unspecified atom stereocenters. The van der Waals surface area contributed by atoms with E-state index in [2.05, 4.69) is 10.4 Å². The summed E-state index contributed by atoms with van der Waals surface area (Å²) in [5.41, 5.74) is 2.44. The van der Waals surface area contributed by atoms with E-state index in [-0.39, 0.29) is 17.4 Å². The van der Waals surface area contributed by atoms with Crippen molar-refractivity contribution in [3.63, 3.8) is 0 Å². The van der Waals surface area contributed by atoms with E-state index in [4.69, 9.17) is 0 Å². The Bertz CT molecular complexity index is 910. The molecular formula is C18H15N3O2. The molecule has 0 saturated carbocycles. The summed E-state index contributed by atoms with van der Waals surface area (Å²) in [4.78, 5) is 25.1. The molecule has 1 amide bonds. The third-order valence-corrected chi connectivity index (χ3v) is 4.19. The lowest BCUT2D eigenvalue weighted by molar-refractivity contribution is 0.0937. The molecule has 1 aromatic heterocycles. The van der Waals surface area contributed by atoms with Crippen molar-refractivity contribution in [3.8, 4) is 5.69 Å². The maximum atomic E-state index is 12.9. The normalized spacial score (nSPS) is 16.7. The van der Waals surface area contributed by atoms with E-state index in [1.54, 1.807) is 0 Å². The van der Waals surface area contributed by atoms with Crippen LogP contribution in [-0.2, 0) is 0 Å². The lowest BCUT2D eigenvalue weighted by atomic mass is 9.89. The van der Waals surface area contributed by atoms with Gasteiger partial charge in [0, 0.05) is 12.5 Å². The van der Waals surface area contributed by atoms with Crippen LogP contribution in [0.15, 0.2) is 65.5 Å². The van der Waals surface area contributed by atoms with Gasteiger partial charge < -0.3 is 5.32 Å². The number of para-hydroxylation sites is 1. The third kappa shape index (κ3) is 2.17. The average molecular weight is 305 g/mol. The van der Waals surface area contributed by atoms with Crippen molar-refractivity contribution >= 4 is 5.91 Å². The van der Waals surface area contributed by atoms with Gasteiger partial charge in [-0.15, -0.1) is 0 Å². The Kier molecular flexibility index (Phi) is 3.12. The number of hydrogen-bond acceptors (Lipinski definition) is 2. The van der Waals surface area contributed by atoms with Crippen LogP contribution in [0.25, 0.3) is 5.69 Å². The SMILES string of the molecule is O=C1NCC(c2ccccc2)c2c1[nH]n(-c1ccccc1)c2=O. The van der Waals surface area contributed by atoms with Crippen molar-refractivity contribution in [1.29, 1.82) is 0 Å². The Hall–Kier alpha value is -3.08. The van der Waals surface area contributed by atoms with Gasteiger partial charge in [-0.3, -0.25) is 14.7 Å². The van der Waals surface area contributed by atoms with Crippen LogP contribution in [0.3, 0.4) is 0 Å². The summed E-state index contributed by atoms with van der Waals surface area (Å²) in [6, 6.07) is 19.0. The molecule has 114 valence electrons. The van der Waals surface area contributed by atoms with E-state index in [1.807, 2.05) is 60.7 Å². The van der Waals surface area contributed by atoms with Crippen LogP contribution >= 0.6 is 0 Å². The molecule has 5 heteroatoms. The molecule has 1 aliphatic heterocycles. The smallest absolute Gasteiger partial charge is 0.275 e. The molecule has 2 aromatic carbocycles. The van der Waals surface area contributed by atoms with Crippen molar-refractivity contribution in [2.45, 2.75) is 5.92 Å². The van der Waals surface area contributed by atoms with Gasteiger partial charge in [0.1, 0.15) is 5.69 Å². The van der Waals surface area contributed by atoms with Crippen molar-refractivity contribution in [2.24, 2.45) is 0 Å². The number of aromatic amines is 1. The van der Waals surface area contributed by atoms with Crippen LogP contribution in [0, 0.1) is 0 Å². The largest absolute Gasteiger partial charge is 0.350 e. The number of hydrogen-bond donors (Lipinski definition) is 2.